The minimum Gasteiger partial charge on any atom is -0.465 e. The van der Waals surface area contributed by atoms with Crippen LogP contribution in [0.1, 0.15) is 25.7 Å². The monoisotopic (exact) mass is 180 g/mol. The highest BCUT2D eigenvalue weighted by molar-refractivity contribution is 5.77. The average Bonchev–Trinajstić information content (AvgIpc) is 2.11. The predicted octanol–water partition coefficient (Wildman–Crippen LogP) is 2.46. The summed E-state index contributed by atoms with van der Waals surface area (Å²) in [6.07, 6.45) is 6.80. The summed E-state index contributed by atoms with van der Waals surface area (Å²) in [5.41, 5.74) is -0.359. The summed E-state index contributed by atoms with van der Waals surface area (Å²) in [6.45, 7) is 7.91. The number of esters is 1. The third-order valence-corrected chi connectivity index (χ3v) is 2.54. The lowest BCUT2D eigenvalue weighted by atomic mass is 9.76. The molecule has 0 amide bonds. The third kappa shape index (κ3) is 2.00. The molecule has 0 aliphatic carbocycles. The maximum Gasteiger partial charge on any atom is 0.312 e. The predicted molar refractivity (Wildman–Crippen MR) is 52.3 cm³/mol. The molecule has 72 valence electrons. The average molecular weight is 180 g/mol. The molecule has 1 saturated heterocycles. The molecule has 0 N–H and O–H groups in total. The summed E-state index contributed by atoms with van der Waals surface area (Å²) in [4.78, 5) is 11.6. The molecular formula is C11H16O2. The van der Waals surface area contributed by atoms with Crippen molar-refractivity contribution in [2.24, 2.45) is 5.41 Å². The second kappa shape index (κ2) is 4.26. The Balaban J connectivity index is 2.78. The normalized spacial score (nSPS) is 20.5. The fourth-order valence-corrected chi connectivity index (χ4v) is 1.84. The van der Waals surface area contributed by atoms with Crippen molar-refractivity contribution in [2.75, 3.05) is 6.61 Å². The number of hydrogen-bond acceptors (Lipinski definition) is 2. The van der Waals surface area contributed by atoms with Crippen LogP contribution in [0.2, 0.25) is 0 Å². The Morgan fingerprint density at radius 3 is 2.46 bits per heavy atom. The van der Waals surface area contributed by atoms with Gasteiger partial charge < -0.3 is 4.74 Å². The van der Waals surface area contributed by atoms with E-state index >= 15 is 0 Å². The molecule has 1 heterocycles. The molecule has 0 atom stereocenters. The van der Waals surface area contributed by atoms with E-state index in [9.17, 15) is 4.79 Å². The van der Waals surface area contributed by atoms with Crippen molar-refractivity contribution in [1.29, 1.82) is 0 Å². The van der Waals surface area contributed by atoms with E-state index in [1.54, 1.807) is 12.2 Å². The van der Waals surface area contributed by atoms with E-state index < -0.39 is 0 Å². The third-order valence-electron chi connectivity index (χ3n) is 2.54. The number of allylic oxidation sites excluding steroid dienone is 2. The van der Waals surface area contributed by atoms with Crippen molar-refractivity contribution in [3.05, 3.63) is 25.3 Å². The minimum absolute atomic E-state index is 0.0847. The highest BCUT2D eigenvalue weighted by atomic mass is 16.5. The first-order valence-corrected chi connectivity index (χ1v) is 4.64. The van der Waals surface area contributed by atoms with Gasteiger partial charge in [-0.2, -0.15) is 0 Å². The van der Waals surface area contributed by atoms with Gasteiger partial charge in [-0.25, -0.2) is 0 Å². The zero-order chi connectivity index (χ0) is 9.73. The van der Waals surface area contributed by atoms with Crippen LogP contribution < -0.4 is 0 Å². The van der Waals surface area contributed by atoms with E-state index in [4.69, 9.17) is 4.74 Å². The van der Waals surface area contributed by atoms with E-state index in [-0.39, 0.29) is 11.4 Å². The first kappa shape index (κ1) is 10.0. The minimum atomic E-state index is -0.359. The molecule has 0 bridgehead atoms. The molecule has 13 heavy (non-hydrogen) atoms. The van der Waals surface area contributed by atoms with Gasteiger partial charge in [0, 0.05) is 0 Å². The summed E-state index contributed by atoms with van der Waals surface area (Å²) in [5, 5.41) is 0. The molecular weight excluding hydrogens is 164 g/mol. The number of cyclic esters (lactones) is 1. The van der Waals surface area contributed by atoms with Gasteiger partial charge in [-0.3, -0.25) is 4.79 Å². The van der Waals surface area contributed by atoms with Crippen LogP contribution in [0.4, 0.5) is 0 Å². The molecule has 0 radical (unpaired) electrons. The molecule has 0 aromatic heterocycles. The Kier molecular flexibility index (Phi) is 3.29. The second-order valence-electron chi connectivity index (χ2n) is 3.51. The maximum absolute atomic E-state index is 11.6. The van der Waals surface area contributed by atoms with Gasteiger partial charge in [-0.1, -0.05) is 12.2 Å². The van der Waals surface area contributed by atoms with E-state index in [1.807, 2.05) is 0 Å². The summed E-state index contributed by atoms with van der Waals surface area (Å²) < 4.78 is 5.06. The lowest BCUT2D eigenvalue weighted by molar-refractivity contribution is -0.161. The Labute approximate surface area is 79.3 Å². The van der Waals surface area contributed by atoms with Gasteiger partial charge in [0.2, 0.25) is 0 Å². The number of ether oxygens (including phenoxy) is 1. The van der Waals surface area contributed by atoms with Gasteiger partial charge >= 0.3 is 5.97 Å². The smallest absolute Gasteiger partial charge is 0.312 e. The summed E-state index contributed by atoms with van der Waals surface area (Å²) in [5.74, 6) is -0.0847. The number of hydrogen-bond donors (Lipinski definition) is 0. The highest BCUT2D eigenvalue weighted by Gasteiger charge is 2.39. The molecule has 2 heteroatoms. The van der Waals surface area contributed by atoms with Crippen molar-refractivity contribution in [3.63, 3.8) is 0 Å². The first-order chi connectivity index (χ1) is 6.25. The largest absolute Gasteiger partial charge is 0.465 e. The van der Waals surface area contributed by atoms with Gasteiger partial charge in [0.25, 0.3) is 0 Å². The van der Waals surface area contributed by atoms with Crippen molar-refractivity contribution < 1.29 is 9.53 Å². The Bertz CT molecular complexity index is 208. The Morgan fingerprint density at radius 2 is 2.00 bits per heavy atom. The molecule has 0 aromatic rings. The molecule has 2 nitrogen and oxygen atoms in total. The molecule has 1 rings (SSSR count). The molecule has 1 fully saturated rings. The standard InChI is InChI=1S/C11H16O2/c1-3-6-11(7-4-2)8-5-9-13-10(11)12/h3-4H,1-2,5-9H2. The molecule has 0 saturated carbocycles. The van der Waals surface area contributed by atoms with Crippen molar-refractivity contribution in [3.8, 4) is 0 Å². The summed E-state index contributed by atoms with van der Waals surface area (Å²) in [7, 11) is 0. The summed E-state index contributed by atoms with van der Waals surface area (Å²) in [6, 6.07) is 0. The van der Waals surface area contributed by atoms with Gasteiger partial charge in [-0.05, 0) is 25.7 Å². The number of carbonyl (C=O) groups is 1. The van der Waals surface area contributed by atoms with Crippen LogP contribution in [0.3, 0.4) is 0 Å². The molecule has 0 unspecified atom stereocenters. The SMILES string of the molecule is C=CCC1(CC=C)CCCOC1=O. The van der Waals surface area contributed by atoms with E-state index in [0.717, 1.165) is 12.8 Å². The molecule has 1 aliphatic rings. The number of carbonyl (C=O) groups excluding carboxylic acids is 1. The first-order valence-electron chi connectivity index (χ1n) is 4.64. The topological polar surface area (TPSA) is 26.3 Å². The molecule has 1 aliphatic heterocycles. The van der Waals surface area contributed by atoms with Gasteiger partial charge in [0.05, 0.1) is 12.0 Å². The molecule has 0 spiro atoms. The van der Waals surface area contributed by atoms with Gasteiger partial charge in [-0.15, -0.1) is 13.2 Å². The lowest BCUT2D eigenvalue weighted by Gasteiger charge is -2.33. The number of rotatable bonds is 4. The Hall–Kier alpha value is -1.05. The summed E-state index contributed by atoms with van der Waals surface area (Å²) >= 11 is 0. The quantitative estimate of drug-likeness (QED) is 0.490. The van der Waals surface area contributed by atoms with Crippen LogP contribution in [-0.4, -0.2) is 12.6 Å². The fraction of sp³-hybridized carbons (Fsp3) is 0.545. The van der Waals surface area contributed by atoms with Gasteiger partial charge in [0.15, 0.2) is 0 Å². The van der Waals surface area contributed by atoms with Crippen molar-refractivity contribution in [1.82, 2.24) is 0 Å². The zero-order valence-corrected chi connectivity index (χ0v) is 7.92. The van der Waals surface area contributed by atoms with Crippen LogP contribution in [0.5, 0.6) is 0 Å². The zero-order valence-electron chi connectivity index (χ0n) is 7.92. The fourth-order valence-electron chi connectivity index (χ4n) is 1.84. The van der Waals surface area contributed by atoms with Gasteiger partial charge in [0.1, 0.15) is 0 Å². The van der Waals surface area contributed by atoms with Crippen LogP contribution in [0, 0.1) is 5.41 Å². The van der Waals surface area contributed by atoms with E-state index in [0.29, 0.717) is 19.4 Å². The van der Waals surface area contributed by atoms with Crippen LogP contribution in [0.15, 0.2) is 25.3 Å². The van der Waals surface area contributed by atoms with Crippen molar-refractivity contribution >= 4 is 5.97 Å². The van der Waals surface area contributed by atoms with E-state index in [2.05, 4.69) is 13.2 Å². The van der Waals surface area contributed by atoms with E-state index in [1.165, 1.54) is 0 Å². The lowest BCUT2D eigenvalue weighted by Crippen LogP contribution is -2.36. The van der Waals surface area contributed by atoms with Crippen LogP contribution in [0.25, 0.3) is 0 Å². The molecule has 0 aromatic carbocycles. The Morgan fingerprint density at radius 1 is 1.38 bits per heavy atom. The highest BCUT2D eigenvalue weighted by Crippen LogP contribution is 2.37. The van der Waals surface area contributed by atoms with Crippen molar-refractivity contribution in [2.45, 2.75) is 25.7 Å². The van der Waals surface area contributed by atoms with Crippen LogP contribution in [-0.2, 0) is 9.53 Å². The maximum atomic E-state index is 11.6. The second-order valence-corrected chi connectivity index (χ2v) is 3.51. The van der Waals surface area contributed by atoms with Crippen LogP contribution >= 0.6 is 0 Å².